The van der Waals surface area contributed by atoms with Crippen molar-refractivity contribution in [2.45, 2.75) is 38.6 Å². The summed E-state index contributed by atoms with van der Waals surface area (Å²) in [6.45, 7) is 4.06. The number of nitrogens with zero attached hydrogens (tertiary/aromatic N) is 1. The first kappa shape index (κ1) is 18.3. The standard InChI is InChI=1S/C18H27N3O3/c1-13-9-10-15(14-6-3-4-7-16(14)24-2)21(12-13)11-5-8-17(22)20-18(19)23/h3-4,6-7,13,15H,5,8-12H2,1-2H3,(H3,19,20,22,23). The van der Waals surface area contributed by atoms with Gasteiger partial charge in [-0.3, -0.25) is 15.0 Å². The Hall–Kier alpha value is -2.08. The number of piperidine rings is 1. The number of likely N-dealkylation sites (tertiary alicyclic amines) is 1. The summed E-state index contributed by atoms with van der Waals surface area (Å²) >= 11 is 0. The maximum Gasteiger partial charge on any atom is 0.318 e. The van der Waals surface area contributed by atoms with Crippen molar-refractivity contribution in [2.24, 2.45) is 11.7 Å². The number of nitrogens with two attached hydrogens (primary N) is 1. The molecule has 0 aromatic heterocycles. The highest BCUT2D eigenvalue weighted by molar-refractivity contribution is 5.93. The number of hydrogen-bond acceptors (Lipinski definition) is 4. The number of amides is 3. The minimum absolute atomic E-state index is 0.298. The van der Waals surface area contributed by atoms with E-state index in [1.807, 2.05) is 18.2 Å². The van der Waals surface area contributed by atoms with Crippen molar-refractivity contribution in [1.29, 1.82) is 0 Å². The lowest BCUT2D eigenvalue weighted by Gasteiger charge is -2.39. The summed E-state index contributed by atoms with van der Waals surface area (Å²) in [5, 5.41) is 2.11. The molecule has 0 spiro atoms. The summed E-state index contributed by atoms with van der Waals surface area (Å²) in [5.41, 5.74) is 6.16. The van der Waals surface area contributed by atoms with Gasteiger partial charge in [-0.25, -0.2) is 4.79 Å². The lowest BCUT2D eigenvalue weighted by atomic mass is 9.89. The van der Waals surface area contributed by atoms with Crippen LogP contribution in [0.3, 0.4) is 0 Å². The summed E-state index contributed by atoms with van der Waals surface area (Å²) in [6.07, 6.45) is 3.25. The van der Waals surface area contributed by atoms with Crippen LogP contribution in [0, 0.1) is 5.92 Å². The molecule has 1 heterocycles. The highest BCUT2D eigenvalue weighted by Crippen LogP contribution is 2.37. The second-order valence-corrected chi connectivity index (χ2v) is 6.45. The van der Waals surface area contributed by atoms with Gasteiger partial charge in [-0.2, -0.15) is 0 Å². The molecule has 3 amide bonds. The molecule has 6 nitrogen and oxygen atoms in total. The predicted octanol–water partition coefficient (Wildman–Crippen LogP) is 2.44. The predicted molar refractivity (Wildman–Crippen MR) is 92.7 cm³/mol. The number of methoxy groups -OCH3 is 1. The smallest absolute Gasteiger partial charge is 0.318 e. The number of benzene rings is 1. The van der Waals surface area contributed by atoms with Crippen LogP contribution in [0.1, 0.15) is 44.2 Å². The minimum Gasteiger partial charge on any atom is -0.496 e. The van der Waals surface area contributed by atoms with Gasteiger partial charge in [-0.1, -0.05) is 25.1 Å². The molecule has 0 saturated carbocycles. The zero-order chi connectivity index (χ0) is 17.5. The van der Waals surface area contributed by atoms with Crippen LogP contribution in [-0.4, -0.2) is 37.0 Å². The van der Waals surface area contributed by atoms with E-state index in [0.717, 1.165) is 25.3 Å². The molecule has 1 aliphatic rings. The molecule has 1 fully saturated rings. The van der Waals surface area contributed by atoms with Gasteiger partial charge in [-0.05, 0) is 37.8 Å². The van der Waals surface area contributed by atoms with E-state index in [1.165, 1.54) is 12.0 Å². The van der Waals surface area contributed by atoms with Gasteiger partial charge >= 0.3 is 6.03 Å². The molecule has 3 N–H and O–H groups in total. The summed E-state index contributed by atoms with van der Waals surface area (Å²) in [4.78, 5) is 24.7. The van der Waals surface area contributed by atoms with Crippen LogP contribution < -0.4 is 15.8 Å². The van der Waals surface area contributed by atoms with E-state index in [-0.39, 0.29) is 5.91 Å². The fourth-order valence-corrected chi connectivity index (χ4v) is 3.43. The topological polar surface area (TPSA) is 84.7 Å². The van der Waals surface area contributed by atoms with Crippen molar-refractivity contribution in [3.8, 4) is 5.75 Å². The Morgan fingerprint density at radius 2 is 2.08 bits per heavy atom. The number of carbonyl (C=O) groups excluding carboxylic acids is 2. The number of rotatable bonds is 6. The number of primary amides is 1. The molecule has 2 unspecified atom stereocenters. The highest BCUT2D eigenvalue weighted by atomic mass is 16.5. The van der Waals surface area contributed by atoms with E-state index in [2.05, 4.69) is 23.2 Å². The minimum atomic E-state index is -0.793. The molecule has 6 heteroatoms. The SMILES string of the molecule is COc1ccccc1C1CCC(C)CN1CCCC(=O)NC(N)=O. The fourth-order valence-electron chi connectivity index (χ4n) is 3.43. The van der Waals surface area contributed by atoms with Crippen LogP contribution in [0.15, 0.2) is 24.3 Å². The Labute approximate surface area is 143 Å². The average Bonchev–Trinajstić information content (AvgIpc) is 2.54. The van der Waals surface area contributed by atoms with Crippen LogP contribution in [0.4, 0.5) is 4.79 Å². The van der Waals surface area contributed by atoms with E-state index in [4.69, 9.17) is 10.5 Å². The van der Waals surface area contributed by atoms with Gasteiger partial charge in [0.05, 0.1) is 7.11 Å². The third kappa shape index (κ3) is 4.96. The number of imide groups is 1. The van der Waals surface area contributed by atoms with Crippen molar-refractivity contribution in [2.75, 3.05) is 20.2 Å². The Kier molecular flexibility index (Phi) is 6.61. The molecule has 1 saturated heterocycles. The second-order valence-electron chi connectivity index (χ2n) is 6.45. The van der Waals surface area contributed by atoms with E-state index < -0.39 is 6.03 Å². The van der Waals surface area contributed by atoms with E-state index in [0.29, 0.717) is 24.8 Å². The first-order valence-electron chi connectivity index (χ1n) is 8.47. The lowest BCUT2D eigenvalue weighted by molar-refractivity contribution is -0.120. The largest absolute Gasteiger partial charge is 0.496 e. The molecule has 1 aromatic carbocycles. The van der Waals surface area contributed by atoms with Gasteiger partial charge in [0.15, 0.2) is 0 Å². The number of carbonyl (C=O) groups is 2. The number of urea groups is 1. The van der Waals surface area contributed by atoms with E-state index in [9.17, 15) is 9.59 Å². The molecule has 1 aliphatic heterocycles. The monoisotopic (exact) mass is 333 g/mol. The number of hydrogen-bond donors (Lipinski definition) is 2. The zero-order valence-corrected chi connectivity index (χ0v) is 14.5. The second kappa shape index (κ2) is 8.68. The molecule has 132 valence electrons. The van der Waals surface area contributed by atoms with Gasteiger partial charge < -0.3 is 10.5 Å². The quantitative estimate of drug-likeness (QED) is 0.837. The van der Waals surface area contributed by atoms with Crippen molar-refractivity contribution >= 4 is 11.9 Å². The zero-order valence-electron chi connectivity index (χ0n) is 14.5. The van der Waals surface area contributed by atoms with Crippen LogP contribution in [0.5, 0.6) is 5.75 Å². The van der Waals surface area contributed by atoms with Crippen LogP contribution >= 0.6 is 0 Å². The summed E-state index contributed by atoms with van der Waals surface area (Å²) in [5.74, 6) is 1.23. The fraction of sp³-hybridized carbons (Fsp3) is 0.556. The number of ether oxygens (including phenoxy) is 1. The molecule has 1 aromatic rings. The molecule has 2 rings (SSSR count). The normalized spacial score (nSPS) is 21.2. The van der Waals surface area contributed by atoms with Crippen LogP contribution in [0.2, 0.25) is 0 Å². The van der Waals surface area contributed by atoms with Gasteiger partial charge in [0.2, 0.25) is 5.91 Å². The van der Waals surface area contributed by atoms with Crippen molar-refractivity contribution in [3.05, 3.63) is 29.8 Å². The van der Waals surface area contributed by atoms with Gasteiger partial charge in [-0.15, -0.1) is 0 Å². The summed E-state index contributed by atoms with van der Waals surface area (Å²) in [7, 11) is 1.70. The Morgan fingerprint density at radius 1 is 1.33 bits per heavy atom. The van der Waals surface area contributed by atoms with Crippen LogP contribution in [0.25, 0.3) is 0 Å². The highest BCUT2D eigenvalue weighted by Gasteiger charge is 2.28. The van der Waals surface area contributed by atoms with Gasteiger partial charge in [0, 0.05) is 24.6 Å². The van der Waals surface area contributed by atoms with Crippen molar-refractivity contribution in [1.82, 2.24) is 10.2 Å². The van der Waals surface area contributed by atoms with Crippen LogP contribution in [-0.2, 0) is 4.79 Å². The Bertz CT molecular complexity index is 576. The molecule has 2 atom stereocenters. The molecule has 0 bridgehead atoms. The summed E-state index contributed by atoms with van der Waals surface area (Å²) < 4.78 is 5.52. The maximum absolute atomic E-state index is 11.6. The van der Waals surface area contributed by atoms with E-state index in [1.54, 1.807) is 7.11 Å². The third-order valence-corrected chi connectivity index (χ3v) is 4.53. The molecular weight excluding hydrogens is 306 g/mol. The average molecular weight is 333 g/mol. The molecular formula is C18H27N3O3. The first-order chi connectivity index (χ1) is 11.5. The van der Waals surface area contributed by atoms with Crippen molar-refractivity contribution in [3.63, 3.8) is 0 Å². The molecule has 24 heavy (non-hydrogen) atoms. The Morgan fingerprint density at radius 3 is 2.79 bits per heavy atom. The lowest BCUT2D eigenvalue weighted by Crippen LogP contribution is -2.39. The Balaban J connectivity index is 2.01. The van der Waals surface area contributed by atoms with E-state index >= 15 is 0 Å². The third-order valence-electron chi connectivity index (χ3n) is 4.53. The number of nitrogens with one attached hydrogen (secondary N) is 1. The molecule has 0 aliphatic carbocycles. The van der Waals surface area contributed by atoms with Crippen molar-refractivity contribution < 1.29 is 14.3 Å². The van der Waals surface area contributed by atoms with Gasteiger partial charge in [0.25, 0.3) is 0 Å². The first-order valence-corrected chi connectivity index (χ1v) is 8.47. The van der Waals surface area contributed by atoms with Gasteiger partial charge in [0.1, 0.15) is 5.75 Å². The summed E-state index contributed by atoms with van der Waals surface area (Å²) in [6, 6.07) is 7.63. The maximum atomic E-state index is 11.6. The molecule has 0 radical (unpaired) electrons. The number of para-hydroxylation sites is 1.